The van der Waals surface area contributed by atoms with Gasteiger partial charge in [0.15, 0.2) is 5.96 Å². The minimum atomic E-state index is 0.0364. The molecular formula is C21H35N5O. The van der Waals surface area contributed by atoms with Crippen molar-refractivity contribution in [2.75, 3.05) is 53.9 Å². The van der Waals surface area contributed by atoms with E-state index < -0.39 is 0 Å². The quantitative estimate of drug-likeness (QED) is 0.539. The van der Waals surface area contributed by atoms with E-state index >= 15 is 0 Å². The van der Waals surface area contributed by atoms with Gasteiger partial charge in [0, 0.05) is 46.3 Å². The molecule has 0 bridgehead atoms. The minimum Gasteiger partial charge on any atom is -0.356 e. The molecule has 1 atom stereocenters. The van der Waals surface area contributed by atoms with Crippen molar-refractivity contribution in [1.82, 2.24) is 20.4 Å². The number of nitrogens with zero attached hydrogens (tertiary/aromatic N) is 3. The summed E-state index contributed by atoms with van der Waals surface area (Å²) in [4.78, 5) is 20.5. The Hall–Kier alpha value is -2.08. The minimum absolute atomic E-state index is 0.0364. The van der Waals surface area contributed by atoms with Crippen LogP contribution in [0.15, 0.2) is 29.3 Å². The second kappa shape index (κ2) is 10.9. The maximum atomic E-state index is 12.1. The lowest BCUT2D eigenvalue weighted by Gasteiger charge is -2.21. The number of carbonyl (C=O) groups is 1. The van der Waals surface area contributed by atoms with E-state index in [0.717, 1.165) is 43.1 Å². The topological polar surface area (TPSA) is 60.0 Å². The van der Waals surface area contributed by atoms with Crippen LogP contribution in [-0.4, -0.2) is 75.5 Å². The smallest absolute Gasteiger partial charge is 0.253 e. The Morgan fingerprint density at radius 3 is 2.67 bits per heavy atom. The third-order valence-electron chi connectivity index (χ3n) is 4.90. The Morgan fingerprint density at radius 2 is 2.00 bits per heavy atom. The molecule has 1 amide bonds. The van der Waals surface area contributed by atoms with Crippen molar-refractivity contribution in [3.63, 3.8) is 0 Å². The highest BCUT2D eigenvalue weighted by atomic mass is 16.2. The third-order valence-corrected chi connectivity index (χ3v) is 4.90. The second-order valence-electron chi connectivity index (χ2n) is 7.64. The zero-order valence-corrected chi connectivity index (χ0v) is 17.3. The summed E-state index contributed by atoms with van der Waals surface area (Å²) in [5.41, 5.74) is 1.88. The summed E-state index contributed by atoms with van der Waals surface area (Å²) < 4.78 is 0. The molecular weight excluding hydrogens is 338 g/mol. The predicted octanol–water partition coefficient (Wildman–Crippen LogP) is 1.83. The number of amides is 1. The van der Waals surface area contributed by atoms with E-state index in [-0.39, 0.29) is 5.91 Å². The van der Waals surface area contributed by atoms with Gasteiger partial charge in [-0.25, -0.2) is 0 Å². The molecule has 0 aromatic heterocycles. The molecule has 150 valence electrons. The van der Waals surface area contributed by atoms with Crippen molar-refractivity contribution in [3.05, 3.63) is 35.4 Å². The summed E-state index contributed by atoms with van der Waals surface area (Å²) in [6.07, 6.45) is 3.52. The number of nitrogens with one attached hydrogen (secondary N) is 2. The average Bonchev–Trinajstić information content (AvgIpc) is 3.17. The van der Waals surface area contributed by atoms with Gasteiger partial charge in [-0.3, -0.25) is 9.79 Å². The van der Waals surface area contributed by atoms with Gasteiger partial charge >= 0.3 is 0 Å². The van der Waals surface area contributed by atoms with Crippen LogP contribution in [0.2, 0.25) is 0 Å². The van der Waals surface area contributed by atoms with E-state index in [4.69, 9.17) is 0 Å². The van der Waals surface area contributed by atoms with Crippen molar-refractivity contribution in [1.29, 1.82) is 0 Å². The summed E-state index contributed by atoms with van der Waals surface area (Å²) in [6.45, 7) is 7.62. The van der Waals surface area contributed by atoms with Crippen molar-refractivity contribution < 1.29 is 4.79 Å². The van der Waals surface area contributed by atoms with E-state index in [1.54, 1.807) is 26.0 Å². The lowest BCUT2D eigenvalue weighted by molar-refractivity contribution is 0.0827. The van der Waals surface area contributed by atoms with Crippen LogP contribution in [0.4, 0.5) is 0 Å². The lowest BCUT2D eigenvalue weighted by atomic mass is 10.1. The van der Waals surface area contributed by atoms with E-state index in [1.807, 2.05) is 18.2 Å². The number of likely N-dealkylation sites (tertiary alicyclic amines) is 1. The van der Waals surface area contributed by atoms with Gasteiger partial charge in [0.05, 0.1) is 0 Å². The van der Waals surface area contributed by atoms with E-state index in [1.165, 1.54) is 25.9 Å². The standard InChI is InChI=1S/C21H35N5O/c1-17(16-26-12-5-6-13-26)15-24-21(22-2)23-11-10-18-8-7-9-19(14-18)20(27)25(3)4/h7-9,14,17H,5-6,10-13,15-16H2,1-4H3,(H2,22,23,24). The van der Waals surface area contributed by atoms with Gasteiger partial charge in [0.25, 0.3) is 5.91 Å². The normalized spacial score (nSPS) is 16.2. The molecule has 1 saturated heterocycles. The van der Waals surface area contributed by atoms with Crippen LogP contribution in [0.1, 0.15) is 35.7 Å². The molecule has 2 rings (SSSR count). The van der Waals surface area contributed by atoms with Gasteiger partial charge < -0.3 is 20.4 Å². The molecule has 1 aromatic rings. The molecule has 1 fully saturated rings. The second-order valence-corrected chi connectivity index (χ2v) is 7.64. The summed E-state index contributed by atoms with van der Waals surface area (Å²) >= 11 is 0. The number of hydrogen-bond donors (Lipinski definition) is 2. The van der Waals surface area contributed by atoms with Gasteiger partial charge in [-0.2, -0.15) is 0 Å². The maximum absolute atomic E-state index is 12.1. The zero-order valence-electron chi connectivity index (χ0n) is 17.3. The Kier molecular flexibility index (Phi) is 8.58. The Morgan fingerprint density at radius 1 is 1.26 bits per heavy atom. The molecule has 0 aliphatic carbocycles. The number of guanidine groups is 1. The molecule has 1 aromatic carbocycles. The number of aliphatic imine (C=N–C) groups is 1. The molecule has 1 aliphatic heterocycles. The van der Waals surface area contributed by atoms with Crippen LogP contribution in [0.3, 0.4) is 0 Å². The van der Waals surface area contributed by atoms with Gasteiger partial charge in [-0.15, -0.1) is 0 Å². The highest BCUT2D eigenvalue weighted by Gasteiger charge is 2.14. The predicted molar refractivity (Wildman–Crippen MR) is 112 cm³/mol. The number of carbonyl (C=O) groups excluding carboxylic acids is 1. The highest BCUT2D eigenvalue weighted by molar-refractivity contribution is 5.94. The monoisotopic (exact) mass is 373 g/mol. The summed E-state index contributed by atoms with van der Waals surface area (Å²) in [6, 6.07) is 7.83. The van der Waals surface area contributed by atoms with Gasteiger partial charge in [0.1, 0.15) is 0 Å². The van der Waals surface area contributed by atoms with Crippen LogP contribution >= 0.6 is 0 Å². The number of rotatable bonds is 8. The largest absolute Gasteiger partial charge is 0.356 e. The van der Waals surface area contributed by atoms with Gasteiger partial charge in [-0.1, -0.05) is 19.1 Å². The fourth-order valence-corrected chi connectivity index (χ4v) is 3.41. The molecule has 27 heavy (non-hydrogen) atoms. The molecule has 0 spiro atoms. The summed E-state index contributed by atoms with van der Waals surface area (Å²) in [5.74, 6) is 1.47. The molecule has 6 nitrogen and oxygen atoms in total. The Labute approximate surface area is 164 Å². The van der Waals surface area contributed by atoms with Crippen LogP contribution in [0.25, 0.3) is 0 Å². The van der Waals surface area contributed by atoms with E-state index in [2.05, 4.69) is 33.5 Å². The van der Waals surface area contributed by atoms with Crippen molar-refractivity contribution in [2.24, 2.45) is 10.9 Å². The summed E-state index contributed by atoms with van der Waals surface area (Å²) in [5, 5.41) is 6.79. The highest BCUT2D eigenvalue weighted by Crippen LogP contribution is 2.10. The van der Waals surface area contributed by atoms with Crippen LogP contribution in [-0.2, 0) is 6.42 Å². The van der Waals surface area contributed by atoms with E-state index in [9.17, 15) is 4.79 Å². The first-order valence-corrected chi connectivity index (χ1v) is 9.97. The van der Waals surface area contributed by atoms with Crippen molar-refractivity contribution in [3.8, 4) is 0 Å². The molecule has 1 unspecified atom stereocenters. The fraction of sp³-hybridized carbons (Fsp3) is 0.619. The number of hydrogen-bond acceptors (Lipinski definition) is 3. The number of benzene rings is 1. The van der Waals surface area contributed by atoms with Gasteiger partial charge in [-0.05, 0) is 56.0 Å². The molecule has 6 heteroatoms. The van der Waals surface area contributed by atoms with E-state index in [0.29, 0.717) is 5.92 Å². The first-order chi connectivity index (χ1) is 13.0. The van der Waals surface area contributed by atoms with Crippen molar-refractivity contribution in [2.45, 2.75) is 26.2 Å². The van der Waals surface area contributed by atoms with Crippen molar-refractivity contribution >= 4 is 11.9 Å². The molecule has 1 heterocycles. The summed E-state index contributed by atoms with van der Waals surface area (Å²) in [7, 11) is 5.35. The maximum Gasteiger partial charge on any atom is 0.253 e. The fourth-order valence-electron chi connectivity index (χ4n) is 3.41. The van der Waals surface area contributed by atoms with Gasteiger partial charge in [0.2, 0.25) is 0 Å². The molecule has 0 saturated carbocycles. The molecule has 2 N–H and O–H groups in total. The zero-order chi connectivity index (χ0) is 19.6. The third kappa shape index (κ3) is 7.21. The average molecular weight is 374 g/mol. The first kappa shape index (κ1) is 21.2. The molecule has 1 aliphatic rings. The van der Waals surface area contributed by atoms with Crippen LogP contribution < -0.4 is 10.6 Å². The van der Waals surface area contributed by atoms with Crippen LogP contribution in [0.5, 0.6) is 0 Å². The first-order valence-electron chi connectivity index (χ1n) is 9.97. The SMILES string of the molecule is CN=C(NCCc1cccc(C(=O)N(C)C)c1)NCC(C)CN1CCCC1. The molecule has 0 radical (unpaired) electrons. The lowest BCUT2D eigenvalue weighted by Crippen LogP contribution is -2.42. The Bertz CT molecular complexity index is 623. The Balaban J connectivity index is 1.72. The van der Waals surface area contributed by atoms with Crippen LogP contribution in [0, 0.1) is 5.92 Å².